The molecule has 0 spiro atoms. The van der Waals surface area contributed by atoms with E-state index < -0.39 is 0 Å². The van der Waals surface area contributed by atoms with Crippen molar-refractivity contribution < 1.29 is 9.53 Å². The summed E-state index contributed by atoms with van der Waals surface area (Å²) in [6.45, 7) is 1.24. The summed E-state index contributed by atoms with van der Waals surface area (Å²) in [5.74, 6) is 0.862. The van der Waals surface area contributed by atoms with Gasteiger partial charge in [0.25, 0.3) is 0 Å². The van der Waals surface area contributed by atoms with Gasteiger partial charge in [-0.2, -0.15) is 0 Å². The van der Waals surface area contributed by atoms with Crippen molar-refractivity contribution >= 4 is 46.4 Å². The lowest BCUT2D eigenvalue weighted by Gasteiger charge is -2.20. The number of ether oxygens (including phenoxy) is 1. The minimum Gasteiger partial charge on any atom is -0.381 e. The molecule has 3 rings (SSSR count). The lowest BCUT2D eigenvalue weighted by atomic mass is 9.99. The van der Waals surface area contributed by atoms with Crippen molar-refractivity contribution in [2.75, 3.05) is 23.8 Å². The molecule has 1 aromatic carbocycles. The molecule has 0 bridgehead atoms. The fourth-order valence-corrected chi connectivity index (χ4v) is 2.95. The van der Waals surface area contributed by atoms with Gasteiger partial charge in [-0.05, 0) is 43.2 Å². The predicted octanol–water partition coefficient (Wildman–Crippen LogP) is 3.89. The summed E-state index contributed by atoms with van der Waals surface area (Å²) in [6.07, 6.45) is 1.46. The van der Waals surface area contributed by atoms with Crippen LogP contribution in [0.5, 0.6) is 0 Å². The number of hydrogen-bond acceptors (Lipinski definition) is 5. The lowest BCUT2D eigenvalue weighted by molar-refractivity contribution is -0.122. The highest BCUT2D eigenvalue weighted by molar-refractivity contribution is 6.35. The summed E-state index contributed by atoms with van der Waals surface area (Å²) in [4.78, 5) is 12.1. The normalized spacial score (nSPS) is 15.1. The number of aromatic nitrogens is 2. The Hall–Kier alpha value is -1.89. The number of carbonyl (C=O) groups is 1. The maximum atomic E-state index is 12.1. The highest BCUT2D eigenvalue weighted by Gasteiger charge is 2.21. The zero-order chi connectivity index (χ0) is 16.9. The zero-order valence-electron chi connectivity index (χ0n) is 12.8. The molecule has 1 aliphatic rings. The molecule has 2 aromatic rings. The third kappa shape index (κ3) is 4.56. The average molecular weight is 367 g/mol. The van der Waals surface area contributed by atoms with Crippen LogP contribution in [0.2, 0.25) is 10.0 Å². The summed E-state index contributed by atoms with van der Waals surface area (Å²) < 4.78 is 5.25. The minimum absolute atomic E-state index is 0.0352. The van der Waals surface area contributed by atoms with E-state index in [9.17, 15) is 4.79 Å². The van der Waals surface area contributed by atoms with E-state index >= 15 is 0 Å². The average Bonchev–Trinajstić information content (AvgIpc) is 2.56. The minimum atomic E-state index is -0.0464. The predicted molar refractivity (Wildman–Crippen MR) is 93.9 cm³/mol. The summed E-state index contributed by atoms with van der Waals surface area (Å²) in [5.41, 5.74) is 0.709. The molecule has 2 heterocycles. The number of carbonyl (C=O) groups excluding carboxylic acids is 1. The first-order valence-electron chi connectivity index (χ1n) is 7.55. The molecule has 6 nitrogen and oxygen atoms in total. The van der Waals surface area contributed by atoms with Gasteiger partial charge in [0.1, 0.15) is 0 Å². The van der Waals surface area contributed by atoms with Crippen LogP contribution in [-0.4, -0.2) is 29.3 Å². The van der Waals surface area contributed by atoms with Gasteiger partial charge >= 0.3 is 0 Å². The van der Waals surface area contributed by atoms with E-state index in [-0.39, 0.29) is 11.8 Å². The molecule has 1 aromatic heterocycles. The van der Waals surface area contributed by atoms with E-state index in [0.717, 1.165) is 12.8 Å². The Kier molecular flexibility index (Phi) is 5.50. The molecule has 1 fully saturated rings. The van der Waals surface area contributed by atoms with E-state index in [0.29, 0.717) is 40.6 Å². The van der Waals surface area contributed by atoms with Crippen LogP contribution in [0, 0.1) is 5.92 Å². The first kappa shape index (κ1) is 17.0. The third-order valence-electron chi connectivity index (χ3n) is 3.64. The first-order valence-corrected chi connectivity index (χ1v) is 8.31. The zero-order valence-corrected chi connectivity index (χ0v) is 14.3. The van der Waals surface area contributed by atoms with Crippen molar-refractivity contribution in [3.05, 3.63) is 40.4 Å². The van der Waals surface area contributed by atoms with Gasteiger partial charge < -0.3 is 15.4 Å². The van der Waals surface area contributed by atoms with Crippen LogP contribution in [0.1, 0.15) is 12.8 Å². The molecule has 0 aliphatic carbocycles. The maximum Gasteiger partial charge on any atom is 0.228 e. The Morgan fingerprint density at radius 2 is 1.67 bits per heavy atom. The molecule has 0 unspecified atom stereocenters. The Bertz CT molecular complexity index is 698. The smallest absolute Gasteiger partial charge is 0.228 e. The van der Waals surface area contributed by atoms with Gasteiger partial charge in [-0.15, -0.1) is 10.2 Å². The molecule has 2 N–H and O–H groups in total. The Morgan fingerprint density at radius 3 is 2.29 bits per heavy atom. The topological polar surface area (TPSA) is 76.1 Å². The molecule has 8 heteroatoms. The molecule has 126 valence electrons. The Balaban J connectivity index is 1.61. The Labute approximate surface area is 149 Å². The monoisotopic (exact) mass is 366 g/mol. The van der Waals surface area contributed by atoms with Gasteiger partial charge in [0.05, 0.1) is 0 Å². The Morgan fingerprint density at radius 1 is 1.04 bits per heavy atom. The van der Waals surface area contributed by atoms with Crippen LogP contribution < -0.4 is 10.6 Å². The van der Waals surface area contributed by atoms with E-state index in [4.69, 9.17) is 27.9 Å². The summed E-state index contributed by atoms with van der Waals surface area (Å²) in [6, 6.07) is 8.53. The molecular weight excluding hydrogens is 351 g/mol. The number of benzene rings is 1. The molecule has 1 aliphatic heterocycles. The maximum absolute atomic E-state index is 12.1. The van der Waals surface area contributed by atoms with Crippen molar-refractivity contribution in [1.82, 2.24) is 10.2 Å². The molecule has 24 heavy (non-hydrogen) atoms. The van der Waals surface area contributed by atoms with Crippen molar-refractivity contribution in [2.45, 2.75) is 12.8 Å². The van der Waals surface area contributed by atoms with Gasteiger partial charge in [-0.1, -0.05) is 23.2 Å². The number of halogens is 2. The summed E-state index contributed by atoms with van der Waals surface area (Å²) >= 11 is 11.9. The number of anilines is 3. The number of rotatable bonds is 4. The van der Waals surface area contributed by atoms with Crippen LogP contribution in [0.3, 0.4) is 0 Å². The second-order valence-corrected chi connectivity index (χ2v) is 6.34. The van der Waals surface area contributed by atoms with Crippen LogP contribution in [0.4, 0.5) is 17.3 Å². The molecule has 0 radical (unpaired) electrons. The standard InChI is InChI=1S/C16H16Cl2N4O2/c17-11-7-12(18)9-13(8-11)19-14-1-2-15(22-21-14)20-16(23)10-3-5-24-6-4-10/h1-2,7-10H,3-6H2,(H,19,21)(H,20,22,23). The van der Waals surface area contributed by atoms with Crippen molar-refractivity contribution in [2.24, 2.45) is 5.92 Å². The number of nitrogens with zero attached hydrogens (tertiary/aromatic N) is 2. The van der Waals surface area contributed by atoms with Gasteiger partial charge in [-0.25, -0.2) is 0 Å². The first-order chi connectivity index (χ1) is 11.6. The van der Waals surface area contributed by atoms with E-state index in [1.807, 2.05) is 0 Å². The van der Waals surface area contributed by atoms with E-state index in [1.54, 1.807) is 30.3 Å². The van der Waals surface area contributed by atoms with Crippen molar-refractivity contribution in [3.8, 4) is 0 Å². The lowest BCUT2D eigenvalue weighted by Crippen LogP contribution is -2.28. The van der Waals surface area contributed by atoms with Gasteiger partial charge in [0.15, 0.2) is 11.6 Å². The van der Waals surface area contributed by atoms with E-state index in [1.165, 1.54) is 0 Å². The fourth-order valence-electron chi connectivity index (χ4n) is 2.43. The molecule has 1 saturated heterocycles. The summed E-state index contributed by atoms with van der Waals surface area (Å²) in [5, 5.41) is 15.0. The SMILES string of the molecule is O=C(Nc1ccc(Nc2cc(Cl)cc(Cl)c2)nn1)C1CCOCC1. The summed E-state index contributed by atoms with van der Waals surface area (Å²) in [7, 11) is 0. The molecular formula is C16H16Cl2N4O2. The van der Waals surface area contributed by atoms with Crippen LogP contribution in [0.25, 0.3) is 0 Å². The highest BCUT2D eigenvalue weighted by Crippen LogP contribution is 2.24. The van der Waals surface area contributed by atoms with Gasteiger partial charge in [0, 0.05) is 34.9 Å². The van der Waals surface area contributed by atoms with Crippen molar-refractivity contribution in [3.63, 3.8) is 0 Å². The molecule has 1 amide bonds. The second kappa shape index (κ2) is 7.79. The van der Waals surface area contributed by atoms with E-state index in [2.05, 4.69) is 20.8 Å². The van der Waals surface area contributed by atoms with Gasteiger partial charge in [0.2, 0.25) is 5.91 Å². The highest BCUT2D eigenvalue weighted by atomic mass is 35.5. The van der Waals surface area contributed by atoms with Crippen LogP contribution in [-0.2, 0) is 9.53 Å². The van der Waals surface area contributed by atoms with Crippen LogP contribution in [0.15, 0.2) is 30.3 Å². The van der Waals surface area contributed by atoms with Gasteiger partial charge in [-0.3, -0.25) is 4.79 Å². The molecule has 0 atom stereocenters. The van der Waals surface area contributed by atoms with Crippen LogP contribution >= 0.6 is 23.2 Å². The number of hydrogen-bond donors (Lipinski definition) is 2. The fraction of sp³-hybridized carbons (Fsp3) is 0.312. The quantitative estimate of drug-likeness (QED) is 0.858. The van der Waals surface area contributed by atoms with Crippen molar-refractivity contribution in [1.29, 1.82) is 0 Å². The number of amides is 1. The largest absolute Gasteiger partial charge is 0.381 e. The second-order valence-electron chi connectivity index (χ2n) is 5.46. The molecule has 0 saturated carbocycles. The number of nitrogens with one attached hydrogen (secondary N) is 2. The third-order valence-corrected chi connectivity index (χ3v) is 4.08.